The van der Waals surface area contributed by atoms with Crippen molar-refractivity contribution in [2.45, 2.75) is 32.1 Å². The van der Waals surface area contributed by atoms with Gasteiger partial charge in [-0.05, 0) is 30.9 Å². The number of hydrogen-bond acceptors (Lipinski definition) is 4. The van der Waals surface area contributed by atoms with Crippen LogP contribution in [0.5, 0.6) is 5.75 Å². The highest BCUT2D eigenvalue weighted by Gasteiger charge is 2.15. The molecule has 2 N–H and O–H groups in total. The average molecular weight is 263 g/mol. The molecule has 19 heavy (non-hydrogen) atoms. The van der Waals surface area contributed by atoms with E-state index in [1.807, 2.05) is 12.1 Å². The van der Waals surface area contributed by atoms with Gasteiger partial charge in [0.1, 0.15) is 5.75 Å². The molecule has 2 rings (SSSR count). The van der Waals surface area contributed by atoms with Crippen LogP contribution in [-0.2, 0) is 9.53 Å². The van der Waals surface area contributed by atoms with E-state index in [-0.39, 0.29) is 12.6 Å². The highest BCUT2D eigenvalue weighted by Crippen LogP contribution is 2.24. The molecule has 1 aliphatic rings. The predicted molar refractivity (Wildman–Crippen MR) is 73.9 cm³/mol. The van der Waals surface area contributed by atoms with E-state index in [0.717, 1.165) is 0 Å². The molecule has 0 unspecified atom stereocenters. The second-order valence-electron chi connectivity index (χ2n) is 5.01. The molecule has 4 heteroatoms. The van der Waals surface area contributed by atoms with E-state index in [2.05, 4.69) is 0 Å². The Balaban J connectivity index is 1.68. The van der Waals surface area contributed by atoms with Gasteiger partial charge >= 0.3 is 5.97 Å². The summed E-state index contributed by atoms with van der Waals surface area (Å²) in [5.41, 5.74) is 6.25. The molecule has 1 saturated carbocycles. The van der Waals surface area contributed by atoms with Crippen molar-refractivity contribution < 1.29 is 14.3 Å². The van der Waals surface area contributed by atoms with Crippen molar-refractivity contribution in [3.63, 3.8) is 0 Å². The van der Waals surface area contributed by atoms with E-state index in [4.69, 9.17) is 15.2 Å². The Hall–Kier alpha value is -1.71. The number of hydrogen-bond donors (Lipinski definition) is 1. The molecule has 1 fully saturated rings. The highest BCUT2D eigenvalue weighted by molar-refractivity contribution is 5.71. The maximum absolute atomic E-state index is 11.6. The summed E-state index contributed by atoms with van der Waals surface area (Å²) in [6.07, 6.45) is 6.14. The Labute approximate surface area is 113 Å². The highest BCUT2D eigenvalue weighted by atomic mass is 16.6. The van der Waals surface area contributed by atoms with Crippen LogP contribution in [0.25, 0.3) is 0 Å². The number of carbonyl (C=O) groups excluding carboxylic acids is 1. The topological polar surface area (TPSA) is 61.5 Å². The molecule has 1 aliphatic carbocycles. The SMILES string of the molecule is Nc1ccccc1OCC(=O)OCC1CCCCC1. The zero-order chi connectivity index (χ0) is 13.5. The van der Waals surface area contributed by atoms with Crippen molar-refractivity contribution in [2.24, 2.45) is 5.92 Å². The van der Waals surface area contributed by atoms with Crippen LogP contribution in [0.1, 0.15) is 32.1 Å². The molecule has 0 radical (unpaired) electrons. The minimum Gasteiger partial charge on any atom is -0.480 e. The normalized spacial score (nSPS) is 16.0. The van der Waals surface area contributed by atoms with E-state index in [1.54, 1.807) is 12.1 Å². The fraction of sp³-hybridized carbons (Fsp3) is 0.533. The summed E-state index contributed by atoms with van der Waals surface area (Å²) >= 11 is 0. The largest absolute Gasteiger partial charge is 0.480 e. The summed E-state index contributed by atoms with van der Waals surface area (Å²) in [5, 5.41) is 0. The van der Waals surface area contributed by atoms with Crippen molar-refractivity contribution in [1.82, 2.24) is 0 Å². The van der Waals surface area contributed by atoms with E-state index in [9.17, 15) is 4.79 Å². The molecular weight excluding hydrogens is 242 g/mol. The number of ether oxygens (including phenoxy) is 2. The molecule has 0 heterocycles. The summed E-state index contributed by atoms with van der Waals surface area (Å²) in [5.74, 6) is 0.727. The summed E-state index contributed by atoms with van der Waals surface area (Å²) in [7, 11) is 0. The third kappa shape index (κ3) is 4.47. The van der Waals surface area contributed by atoms with Crippen LogP contribution in [0.3, 0.4) is 0 Å². The van der Waals surface area contributed by atoms with Gasteiger partial charge < -0.3 is 15.2 Å². The molecule has 0 amide bonds. The maximum Gasteiger partial charge on any atom is 0.344 e. The van der Waals surface area contributed by atoms with E-state index in [1.165, 1.54) is 32.1 Å². The standard InChI is InChI=1S/C15H21NO3/c16-13-8-4-5-9-14(13)18-11-15(17)19-10-12-6-2-1-3-7-12/h4-5,8-9,12H,1-3,6-7,10-11,16H2. The molecule has 104 valence electrons. The Morgan fingerprint density at radius 2 is 1.95 bits per heavy atom. The van der Waals surface area contributed by atoms with Gasteiger partial charge in [-0.3, -0.25) is 0 Å². The Morgan fingerprint density at radius 1 is 1.21 bits per heavy atom. The van der Waals surface area contributed by atoms with Crippen molar-refractivity contribution in [1.29, 1.82) is 0 Å². The van der Waals surface area contributed by atoms with Gasteiger partial charge in [0.2, 0.25) is 0 Å². The van der Waals surface area contributed by atoms with Gasteiger partial charge in [-0.15, -0.1) is 0 Å². The predicted octanol–water partition coefficient (Wildman–Crippen LogP) is 2.77. The minimum atomic E-state index is -0.325. The Bertz CT molecular complexity index is 414. The van der Waals surface area contributed by atoms with Crippen molar-refractivity contribution in [3.8, 4) is 5.75 Å². The third-order valence-corrected chi connectivity index (χ3v) is 3.47. The van der Waals surface area contributed by atoms with Crippen LogP contribution >= 0.6 is 0 Å². The fourth-order valence-electron chi connectivity index (χ4n) is 2.35. The number of para-hydroxylation sites is 2. The quantitative estimate of drug-likeness (QED) is 0.655. The molecule has 0 spiro atoms. The Kier molecular flexibility index (Phi) is 5.07. The number of nitrogen functional groups attached to an aromatic ring is 1. The van der Waals surface area contributed by atoms with Crippen LogP contribution in [0.2, 0.25) is 0 Å². The first kappa shape index (κ1) is 13.7. The van der Waals surface area contributed by atoms with Gasteiger partial charge in [-0.2, -0.15) is 0 Å². The lowest BCUT2D eigenvalue weighted by Crippen LogP contribution is -2.21. The first-order valence-corrected chi connectivity index (χ1v) is 6.88. The molecular formula is C15H21NO3. The first-order valence-electron chi connectivity index (χ1n) is 6.88. The van der Waals surface area contributed by atoms with Crippen LogP contribution in [-0.4, -0.2) is 19.2 Å². The second kappa shape index (κ2) is 7.02. The van der Waals surface area contributed by atoms with Gasteiger partial charge in [-0.1, -0.05) is 31.4 Å². The molecule has 0 saturated heterocycles. The molecule has 1 aromatic carbocycles. The van der Waals surface area contributed by atoms with Gasteiger partial charge in [0, 0.05) is 0 Å². The fourth-order valence-corrected chi connectivity index (χ4v) is 2.35. The van der Waals surface area contributed by atoms with Crippen LogP contribution < -0.4 is 10.5 Å². The summed E-state index contributed by atoms with van der Waals surface area (Å²) in [6, 6.07) is 7.12. The summed E-state index contributed by atoms with van der Waals surface area (Å²) < 4.78 is 10.6. The molecule has 0 atom stereocenters. The summed E-state index contributed by atoms with van der Waals surface area (Å²) in [6.45, 7) is 0.438. The molecule has 0 aliphatic heterocycles. The minimum absolute atomic E-state index is 0.0824. The Morgan fingerprint density at radius 3 is 2.68 bits per heavy atom. The van der Waals surface area contributed by atoms with Gasteiger partial charge in [0.05, 0.1) is 12.3 Å². The van der Waals surface area contributed by atoms with Crippen LogP contribution in [0, 0.1) is 5.92 Å². The first-order chi connectivity index (χ1) is 9.25. The number of esters is 1. The smallest absolute Gasteiger partial charge is 0.344 e. The zero-order valence-corrected chi connectivity index (χ0v) is 11.1. The third-order valence-electron chi connectivity index (χ3n) is 3.47. The molecule has 4 nitrogen and oxygen atoms in total. The van der Waals surface area contributed by atoms with E-state index in [0.29, 0.717) is 24.0 Å². The second-order valence-corrected chi connectivity index (χ2v) is 5.01. The summed E-state index contributed by atoms with van der Waals surface area (Å²) in [4.78, 5) is 11.6. The average Bonchev–Trinajstić information content (AvgIpc) is 2.45. The van der Waals surface area contributed by atoms with Gasteiger partial charge in [0.25, 0.3) is 0 Å². The lowest BCUT2D eigenvalue weighted by atomic mass is 9.90. The van der Waals surface area contributed by atoms with E-state index < -0.39 is 0 Å². The number of nitrogens with two attached hydrogens (primary N) is 1. The van der Waals surface area contributed by atoms with Crippen LogP contribution in [0.15, 0.2) is 24.3 Å². The number of benzene rings is 1. The number of anilines is 1. The number of carbonyl (C=O) groups is 1. The molecule has 0 bridgehead atoms. The molecule has 0 aromatic heterocycles. The lowest BCUT2D eigenvalue weighted by molar-refractivity contribution is -0.147. The lowest BCUT2D eigenvalue weighted by Gasteiger charge is -2.21. The monoisotopic (exact) mass is 263 g/mol. The maximum atomic E-state index is 11.6. The van der Waals surface area contributed by atoms with E-state index >= 15 is 0 Å². The molecule has 1 aromatic rings. The van der Waals surface area contributed by atoms with Crippen molar-refractivity contribution >= 4 is 11.7 Å². The zero-order valence-electron chi connectivity index (χ0n) is 11.1. The van der Waals surface area contributed by atoms with Crippen molar-refractivity contribution in [3.05, 3.63) is 24.3 Å². The van der Waals surface area contributed by atoms with Crippen LogP contribution in [0.4, 0.5) is 5.69 Å². The van der Waals surface area contributed by atoms with Gasteiger partial charge in [0.15, 0.2) is 6.61 Å². The van der Waals surface area contributed by atoms with Crippen molar-refractivity contribution in [2.75, 3.05) is 18.9 Å². The number of rotatable bonds is 5. The van der Waals surface area contributed by atoms with Gasteiger partial charge in [-0.25, -0.2) is 4.79 Å².